The second-order valence-corrected chi connectivity index (χ2v) is 4.75. The third-order valence-electron chi connectivity index (χ3n) is 2.73. The van der Waals surface area contributed by atoms with Gasteiger partial charge in [0.15, 0.2) is 5.78 Å². The van der Waals surface area contributed by atoms with E-state index in [0.717, 1.165) is 6.42 Å². The number of esters is 1. The van der Waals surface area contributed by atoms with Crippen LogP contribution in [0.1, 0.15) is 43.0 Å². The first-order chi connectivity index (χ1) is 9.58. The third kappa shape index (κ3) is 5.21. The number of methoxy groups -OCH3 is 1. The Morgan fingerprint density at radius 3 is 2.60 bits per heavy atom. The summed E-state index contributed by atoms with van der Waals surface area (Å²) in [4.78, 5) is 22.9. The van der Waals surface area contributed by atoms with Crippen molar-refractivity contribution in [2.24, 2.45) is 0 Å². The van der Waals surface area contributed by atoms with Crippen molar-refractivity contribution in [3.63, 3.8) is 0 Å². The highest BCUT2D eigenvalue weighted by Gasteiger charge is 2.12. The van der Waals surface area contributed by atoms with Gasteiger partial charge in [0.05, 0.1) is 18.7 Å². The predicted octanol–water partition coefficient (Wildman–Crippen LogP) is 3.65. The largest absolute Gasteiger partial charge is 0.494 e. The quantitative estimate of drug-likeness (QED) is 0.543. The molecule has 0 unspecified atom stereocenters. The lowest BCUT2D eigenvalue weighted by molar-refractivity contribution is -0.140. The first-order valence-electron chi connectivity index (χ1n) is 6.60. The van der Waals surface area contributed by atoms with E-state index < -0.39 is 0 Å². The molecule has 0 aliphatic rings. The zero-order valence-electron chi connectivity index (χ0n) is 11.8. The molecule has 5 heteroatoms. The average molecular weight is 299 g/mol. The molecule has 110 valence electrons. The van der Waals surface area contributed by atoms with Crippen molar-refractivity contribution in [1.82, 2.24) is 0 Å². The fourth-order valence-corrected chi connectivity index (χ4v) is 1.94. The monoisotopic (exact) mass is 298 g/mol. The highest BCUT2D eigenvalue weighted by molar-refractivity contribution is 6.34. The van der Waals surface area contributed by atoms with Crippen molar-refractivity contribution in [3.05, 3.63) is 28.8 Å². The van der Waals surface area contributed by atoms with E-state index >= 15 is 0 Å². The Bertz CT molecular complexity index is 471. The van der Waals surface area contributed by atoms with E-state index in [0.29, 0.717) is 29.4 Å². The van der Waals surface area contributed by atoms with Crippen LogP contribution in [0.4, 0.5) is 0 Å². The van der Waals surface area contributed by atoms with Gasteiger partial charge < -0.3 is 9.47 Å². The Morgan fingerprint density at radius 1 is 1.25 bits per heavy atom. The van der Waals surface area contributed by atoms with Crippen LogP contribution in [-0.4, -0.2) is 25.5 Å². The standard InChI is InChI=1S/C15H19ClO4/c1-3-9-20-11-7-8-12(13(16)10-11)14(17)5-4-6-15(18)19-2/h7-8,10H,3-6,9H2,1-2H3. The van der Waals surface area contributed by atoms with Crippen molar-refractivity contribution in [2.45, 2.75) is 32.6 Å². The summed E-state index contributed by atoms with van der Waals surface area (Å²) in [5.74, 6) is 0.260. The lowest BCUT2D eigenvalue weighted by atomic mass is 10.1. The lowest BCUT2D eigenvalue weighted by Gasteiger charge is -2.08. The number of benzene rings is 1. The molecule has 4 nitrogen and oxygen atoms in total. The Kier molecular flexibility index (Phi) is 7.09. The molecule has 0 aliphatic carbocycles. The molecule has 0 aliphatic heterocycles. The number of Topliss-reactive ketones (excluding diaryl/α,β-unsaturated/α-hetero) is 1. The van der Waals surface area contributed by atoms with E-state index in [2.05, 4.69) is 4.74 Å². The van der Waals surface area contributed by atoms with Gasteiger partial charge in [0.2, 0.25) is 0 Å². The molecule has 1 rings (SSSR count). The summed E-state index contributed by atoms with van der Waals surface area (Å²) in [6.45, 7) is 2.63. The molecular formula is C15H19ClO4. The number of ketones is 1. The van der Waals surface area contributed by atoms with E-state index in [1.54, 1.807) is 18.2 Å². The highest BCUT2D eigenvalue weighted by atomic mass is 35.5. The van der Waals surface area contributed by atoms with Crippen LogP contribution in [0.15, 0.2) is 18.2 Å². The van der Waals surface area contributed by atoms with Gasteiger partial charge in [-0.05, 0) is 31.0 Å². The molecule has 20 heavy (non-hydrogen) atoms. The molecule has 0 spiro atoms. The average Bonchev–Trinajstić information content (AvgIpc) is 2.44. The molecule has 0 saturated heterocycles. The zero-order chi connectivity index (χ0) is 15.0. The molecular weight excluding hydrogens is 280 g/mol. The van der Waals surface area contributed by atoms with Crippen LogP contribution < -0.4 is 4.74 Å². The van der Waals surface area contributed by atoms with Crippen molar-refractivity contribution in [1.29, 1.82) is 0 Å². The first-order valence-corrected chi connectivity index (χ1v) is 6.98. The van der Waals surface area contributed by atoms with Crippen molar-refractivity contribution in [3.8, 4) is 5.75 Å². The lowest BCUT2D eigenvalue weighted by Crippen LogP contribution is -2.04. The second kappa shape index (κ2) is 8.59. The number of carbonyl (C=O) groups is 2. The molecule has 0 saturated carbocycles. The van der Waals surface area contributed by atoms with Crippen LogP contribution in [0, 0.1) is 0 Å². The van der Waals surface area contributed by atoms with Crippen molar-refractivity contribution < 1.29 is 19.1 Å². The van der Waals surface area contributed by atoms with E-state index in [4.69, 9.17) is 16.3 Å². The van der Waals surface area contributed by atoms with Gasteiger partial charge in [-0.25, -0.2) is 0 Å². The summed E-state index contributed by atoms with van der Waals surface area (Å²) in [6, 6.07) is 5.04. The smallest absolute Gasteiger partial charge is 0.305 e. The van der Waals surface area contributed by atoms with Gasteiger partial charge in [0.25, 0.3) is 0 Å². The van der Waals surface area contributed by atoms with Crippen molar-refractivity contribution in [2.75, 3.05) is 13.7 Å². The second-order valence-electron chi connectivity index (χ2n) is 4.34. The van der Waals surface area contributed by atoms with Gasteiger partial charge in [-0.1, -0.05) is 18.5 Å². The summed E-state index contributed by atoms with van der Waals surface area (Å²) in [7, 11) is 1.33. The molecule has 0 aromatic heterocycles. The van der Waals surface area contributed by atoms with E-state index in [1.165, 1.54) is 7.11 Å². The Balaban J connectivity index is 2.57. The predicted molar refractivity (Wildman–Crippen MR) is 77.4 cm³/mol. The number of halogens is 1. The number of ether oxygens (including phenoxy) is 2. The maximum atomic E-state index is 12.0. The van der Waals surface area contributed by atoms with Crippen LogP contribution in [0.2, 0.25) is 5.02 Å². The van der Waals surface area contributed by atoms with Crippen molar-refractivity contribution >= 4 is 23.4 Å². The molecule has 0 atom stereocenters. The van der Waals surface area contributed by atoms with E-state index in [1.807, 2.05) is 6.92 Å². The van der Waals surface area contributed by atoms with Crippen LogP contribution in [0.25, 0.3) is 0 Å². The van der Waals surface area contributed by atoms with Gasteiger partial charge in [-0.15, -0.1) is 0 Å². The minimum atomic E-state index is -0.313. The molecule has 0 fully saturated rings. The molecule has 0 bridgehead atoms. The fourth-order valence-electron chi connectivity index (χ4n) is 1.66. The third-order valence-corrected chi connectivity index (χ3v) is 3.04. The fraction of sp³-hybridized carbons (Fsp3) is 0.467. The maximum absolute atomic E-state index is 12.0. The molecule has 0 N–H and O–H groups in total. The van der Waals surface area contributed by atoms with Crippen LogP contribution >= 0.6 is 11.6 Å². The van der Waals surface area contributed by atoms with Gasteiger partial charge in [0, 0.05) is 18.4 Å². The van der Waals surface area contributed by atoms with Crippen LogP contribution in [0.3, 0.4) is 0 Å². The normalized spacial score (nSPS) is 10.2. The SMILES string of the molecule is CCCOc1ccc(C(=O)CCCC(=O)OC)c(Cl)c1. The van der Waals surface area contributed by atoms with Crippen LogP contribution in [0.5, 0.6) is 5.75 Å². The molecule has 1 aromatic carbocycles. The summed E-state index contributed by atoms with van der Waals surface area (Å²) in [5, 5.41) is 0.377. The minimum Gasteiger partial charge on any atom is -0.494 e. The summed E-state index contributed by atoms with van der Waals surface area (Å²) in [6.07, 6.45) is 1.86. The number of hydrogen-bond donors (Lipinski definition) is 0. The molecule has 1 aromatic rings. The van der Waals surface area contributed by atoms with Gasteiger partial charge in [0.1, 0.15) is 5.75 Å². The Labute approximate surface area is 124 Å². The summed E-state index contributed by atoms with van der Waals surface area (Å²) in [5.41, 5.74) is 0.459. The van der Waals surface area contributed by atoms with Gasteiger partial charge in [-0.2, -0.15) is 0 Å². The Morgan fingerprint density at radius 2 is 2.00 bits per heavy atom. The van der Waals surface area contributed by atoms with E-state index in [-0.39, 0.29) is 24.6 Å². The zero-order valence-corrected chi connectivity index (χ0v) is 12.5. The molecule has 0 amide bonds. The topological polar surface area (TPSA) is 52.6 Å². The Hall–Kier alpha value is -1.55. The maximum Gasteiger partial charge on any atom is 0.305 e. The molecule has 0 radical (unpaired) electrons. The number of rotatable bonds is 8. The number of carbonyl (C=O) groups excluding carboxylic acids is 2. The minimum absolute atomic E-state index is 0.0825. The van der Waals surface area contributed by atoms with Crippen LogP contribution in [-0.2, 0) is 9.53 Å². The number of hydrogen-bond acceptors (Lipinski definition) is 4. The summed E-state index contributed by atoms with van der Waals surface area (Å²) < 4.78 is 9.96. The van der Waals surface area contributed by atoms with E-state index in [9.17, 15) is 9.59 Å². The first kappa shape index (κ1) is 16.5. The summed E-state index contributed by atoms with van der Waals surface area (Å²) >= 11 is 6.08. The highest BCUT2D eigenvalue weighted by Crippen LogP contribution is 2.24. The molecule has 0 heterocycles. The van der Waals surface area contributed by atoms with Gasteiger partial charge in [-0.3, -0.25) is 9.59 Å². The van der Waals surface area contributed by atoms with Gasteiger partial charge >= 0.3 is 5.97 Å².